The molecular weight excluding hydrogens is 288 g/mol. The van der Waals surface area contributed by atoms with E-state index in [9.17, 15) is 4.79 Å². The van der Waals surface area contributed by atoms with E-state index in [0.29, 0.717) is 23.8 Å². The zero-order valence-electron chi connectivity index (χ0n) is 14.6. The summed E-state index contributed by atoms with van der Waals surface area (Å²) in [5, 5.41) is 3.69. The molecule has 3 rings (SSSR count). The van der Waals surface area contributed by atoms with Crippen molar-refractivity contribution in [1.29, 1.82) is 0 Å². The molecule has 1 saturated carbocycles. The van der Waals surface area contributed by atoms with Gasteiger partial charge in [-0.2, -0.15) is 0 Å². The van der Waals surface area contributed by atoms with Crippen molar-refractivity contribution >= 4 is 6.09 Å². The lowest BCUT2D eigenvalue weighted by atomic mass is 10.0. The first-order valence-electron chi connectivity index (χ1n) is 8.61. The highest BCUT2D eigenvalue weighted by molar-refractivity contribution is 5.69. The molecule has 1 saturated heterocycles. The fraction of sp³-hybridized carbons (Fsp3) is 0.632. The number of carbonyl (C=O) groups is 1. The van der Waals surface area contributed by atoms with Crippen LogP contribution in [0.25, 0.3) is 0 Å². The van der Waals surface area contributed by atoms with Gasteiger partial charge in [-0.3, -0.25) is 0 Å². The molecule has 1 heterocycles. The second-order valence-electron chi connectivity index (χ2n) is 7.96. The molecule has 4 heteroatoms. The number of fused-ring (bicyclic) bond motifs is 1. The molecule has 1 aromatic rings. The molecule has 3 atom stereocenters. The van der Waals surface area contributed by atoms with Crippen LogP contribution in [0.1, 0.15) is 39.2 Å². The lowest BCUT2D eigenvalue weighted by Crippen LogP contribution is -2.39. The predicted molar refractivity (Wildman–Crippen MR) is 91.4 cm³/mol. The van der Waals surface area contributed by atoms with Crippen molar-refractivity contribution in [2.24, 2.45) is 11.8 Å². The molecule has 0 aromatic heterocycles. The van der Waals surface area contributed by atoms with Crippen LogP contribution < -0.4 is 5.32 Å². The molecule has 0 spiro atoms. The van der Waals surface area contributed by atoms with Crippen molar-refractivity contribution in [1.82, 2.24) is 10.2 Å². The van der Waals surface area contributed by atoms with Crippen molar-refractivity contribution in [3.63, 3.8) is 0 Å². The highest BCUT2D eigenvalue weighted by atomic mass is 16.6. The molecule has 23 heavy (non-hydrogen) atoms. The predicted octanol–water partition coefficient (Wildman–Crippen LogP) is 3.25. The maximum atomic E-state index is 12.1. The molecule has 3 unspecified atom stereocenters. The van der Waals surface area contributed by atoms with Gasteiger partial charge in [0.15, 0.2) is 0 Å². The molecule has 0 bridgehead atoms. The Balaban J connectivity index is 1.41. The first-order valence-corrected chi connectivity index (χ1v) is 8.61. The van der Waals surface area contributed by atoms with E-state index >= 15 is 0 Å². The summed E-state index contributed by atoms with van der Waals surface area (Å²) in [6, 6.07) is 11.2. The average molecular weight is 316 g/mol. The van der Waals surface area contributed by atoms with Crippen LogP contribution in [0.3, 0.4) is 0 Å². The molecule has 1 N–H and O–H groups in total. The highest BCUT2D eigenvalue weighted by Gasteiger charge is 2.56. The van der Waals surface area contributed by atoms with Gasteiger partial charge in [-0.15, -0.1) is 0 Å². The molecule has 0 radical (unpaired) electrons. The molecular formula is C19H28N2O2. The van der Waals surface area contributed by atoms with Gasteiger partial charge in [-0.25, -0.2) is 4.79 Å². The van der Waals surface area contributed by atoms with Crippen LogP contribution in [-0.4, -0.2) is 42.3 Å². The van der Waals surface area contributed by atoms with Crippen LogP contribution in [0.2, 0.25) is 0 Å². The van der Waals surface area contributed by atoms with Crippen LogP contribution >= 0.6 is 0 Å². The van der Waals surface area contributed by atoms with Gasteiger partial charge in [0.05, 0.1) is 0 Å². The number of benzene rings is 1. The Morgan fingerprint density at radius 2 is 1.87 bits per heavy atom. The van der Waals surface area contributed by atoms with Gasteiger partial charge < -0.3 is 15.0 Å². The fourth-order valence-corrected chi connectivity index (χ4v) is 3.52. The number of carbonyl (C=O) groups excluding carboxylic acids is 1. The number of nitrogens with zero attached hydrogens (tertiary/aromatic N) is 1. The Hall–Kier alpha value is -1.55. The van der Waals surface area contributed by atoms with E-state index in [1.54, 1.807) is 0 Å². The SMILES string of the molecule is CC(CNC1C2CN(C(=O)OC(C)(C)C)CC21)c1ccccc1. The highest BCUT2D eigenvalue weighted by Crippen LogP contribution is 2.45. The van der Waals surface area contributed by atoms with E-state index in [4.69, 9.17) is 4.74 Å². The van der Waals surface area contributed by atoms with Crippen molar-refractivity contribution in [2.75, 3.05) is 19.6 Å². The summed E-state index contributed by atoms with van der Waals surface area (Å²) in [4.78, 5) is 13.9. The van der Waals surface area contributed by atoms with Gasteiger partial charge in [0, 0.05) is 25.7 Å². The first kappa shape index (κ1) is 16.3. The number of ether oxygens (including phenoxy) is 1. The topological polar surface area (TPSA) is 41.6 Å². The number of nitrogens with one attached hydrogen (secondary N) is 1. The van der Waals surface area contributed by atoms with Gasteiger partial charge in [0.1, 0.15) is 5.60 Å². The third-order valence-corrected chi connectivity index (χ3v) is 4.87. The van der Waals surface area contributed by atoms with Gasteiger partial charge >= 0.3 is 6.09 Å². The third-order valence-electron chi connectivity index (χ3n) is 4.87. The van der Waals surface area contributed by atoms with Crippen LogP contribution in [-0.2, 0) is 4.74 Å². The van der Waals surface area contributed by atoms with E-state index in [1.165, 1.54) is 5.56 Å². The summed E-state index contributed by atoms with van der Waals surface area (Å²) in [7, 11) is 0. The second kappa shape index (κ2) is 6.16. The molecule has 4 nitrogen and oxygen atoms in total. The van der Waals surface area contributed by atoms with Gasteiger partial charge in [0.25, 0.3) is 0 Å². The Labute approximate surface area is 139 Å². The average Bonchev–Trinajstić information content (AvgIpc) is 2.93. The summed E-state index contributed by atoms with van der Waals surface area (Å²) in [5.74, 6) is 1.72. The minimum absolute atomic E-state index is 0.166. The summed E-state index contributed by atoms with van der Waals surface area (Å²) in [5.41, 5.74) is 0.966. The number of rotatable bonds is 4. The maximum Gasteiger partial charge on any atom is 0.410 e. The Kier molecular flexibility index (Phi) is 4.37. The molecule has 1 amide bonds. The summed E-state index contributed by atoms with van der Waals surface area (Å²) < 4.78 is 5.45. The molecule has 1 aromatic carbocycles. The number of likely N-dealkylation sites (tertiary alicyclic amines) is 1. The molecule has 1 aliphatic carbocycles. The minimum Gasteiger partial charge on any atom is -0.444 e. The van der Waals surface area contributed by atoms with Gasteiger partial charge in [-0.1, -0.05) is 37.3 Å². The monoisotopic (exact) mass is 316 g/mol. The largest absolute Gasteiger partial charge is 0.444 e. The van der Waals surface area contributed by atoms with Crippen LogP contribution in [0.15, 0.2) is 30.3 Å². The third kappa shape index (κ3) is 3.86. The van der Waals surface area contributed by atoms with E-state index in [0.717, 1.165) is 19.6 Å². The van der Waals surface area contributed by atoms with Gasteiger partial charge in [-0.05, 0) is 44.1 Å². The van der Waals surface area contributed by atoms with E-state index in [1.807, 2.05) is 25.7 Å². The zero-order valence-corrected chi connectivity index (χ0v) is 14.6. The molecule has 2 aliphatic rings. The van der Waals surface area contributed by atoms with Crippen LogP contribution in [0, 0.1) is 11.8 Å². The van der Waals surface area contributed by atoms with E-state index in [-0.39, 0.29) is 6.09 Å². The number of hydrogen-bond acceptors (Lipinski definition) is 3. The van der Waals surface area contributed by atoms with Crippen LogP contribution in [0.5, 0.6) is 0 Å². The molecule has 2 fully saturated rings. The standard InChI is InChI=1S/C19H28N2O2/c1-13(14-8-6-5-7-9-14)10-20-17-15-11-21(12-16(15)17)18(22)23-19(2,3)4/h5-9,13,15-17,20H,10-12H2,1-4H3. The number of amides is 1. The zero-order chi connectivity index (χ0) is 16.6. The van der Waals surface area contributed by atoms with E-state index in [2.05, 4.69) is 42.6 Å². The van der Waals surface area contributed by atoms with E-state index < -0.39 is 5.60 Å². The van der Waals surface area contributed by atoms with Crippen molar-refractivity contribution in [3.8, 4) is 0 Å². The smallest absolute Gasteiger partial charge is 0.410 e. The first-order chi connectivity index (χ1) is 10.8. The Morgan fingerprint density at radius 3 is 2.43 bits per heavy atom. The summed E-state index contributed by atoms with van der Waals surface area (Å²) in [6.45, 7) is 10.7. The minimum atomic E-state index is -0.410. The van der Waals surface area contributed by atoms with Crippen molar-refractivity contribution in [3.05, 3.63) is 35.9 Å². The summed E-state index contributed by atoms with van der Waals surface area (Å²) in [6.07, 6.45) is -0.166. The van der Waals surface area contributed by atoms with Gasteiger partial charge in [0.2, 0.25) is 0 Å². The van der Waals surface area contributed by atoms with Crippen molar-refractivity contribution in [2.45, 2.75) is 45.3 Å². The fourth-order valence-electron chi connectivity index (χ4n) is 3.52. The number of hydrogen-bond donors (Lipinski definition) is 1. The normalized spacial score (nSPS) is 27.5. The number of piperidine rings is 1. The quantitative estimate of drug-likeness (QED) is 0.927. The van der Waals surface area contributed by atoms with Crippen LogP contribution in [0.4, 0.5) is 4.79 Å². The lowest BCUT2D eigenvalue weighted by molar-refractivity contribution is 0.0269. The van der Waals surface area contributed by atoms with Crippen molar-refractivity contribution < 1.29 is 9.53 Å². The second-order valence-corrected chi connectivity index (χ2v) is 7.96. The Morgan fingerprint density at radius 1 is 1.26 bits per heavy atom. The lowest BCUT2D eigenvalue weighted by Gasteiger charge is -2.26. The maximum absolute atomic E-state index is 12.1. The molecule has 126 valence electrons. The molecule has 1 aliphatic heterocycles. The summed E-state index contributed by atoms with van der Waals surface area (Å²) >= 11 is 0. The Bertz CT molecular complexity index is 540.